The van der Waals surface area contributed by atoms with Gasteiger partial charge in [-0.1, -0.05) is 12.1 Å². The molecule has 144 valence electrons. The lowest BCUT2D eigenvalue weighted by Gasteiger charge is -2.34. The number of carboxylic acids is 1. The van der Waals surface area contributed by atoms with Gasteiger partial charge >= 0.3 is 5.97 Å². The normalized spacial score (nSPS) is 16.6. The predicted molar refractivity (Wildman–Crippen MR) is 92.4 cm³/mol. The lowest BCUT2D eigenvalue weighted by atomic mass is 9.96. The highest BCUT2D eigenvalue weighted by Crippen LogP contribution is 2.26. The lowest BCUT2D eigenvalue weighted by molar-refractivity contribution is -0.148. The Balaban J connectivity index is 2.08. The van der Waals surface area contributed by atoms with Crippen LogP contribution < -0.4 is 0 Å². The van der Waals surface area contributed by atoms with Gasteiger partial charge < -0.3 is 10.0 Å². The third kappa shape index (κ3) is 4.39. The average Bonchev–Trinajstić information content (AvgIpc) is 2.59. The first kappa shape index (κ1) is 20.3. The van der Waals surface area contributed by atoms with Gasteiger partial charge in [-0.2, -0.15) is 4.31 Å². The van der Waals surface area contributed by atoms with Crippen LogP contribution >= 0.6 is 0 Å². The first-order valence-electron chi connectivity index (χ1n) is 8.41. The van der Waals surface area contributed by atoms with Crippen molar-refractivity contribution in [2.75, 3.05) is 19.6 Å². The SMILES string of the molecule is CC(C)N(CC(=O)O)C(=O)C1CCN(S(=O)(=O)c2ccccc2F)CC1. The highest BCUT2D eigenvalue weighted by atomic mass is 32.2. The largest absolute Gasteiger partial charge is 0.480 e. The molecule has 2 rings (SSSR count). The fourth-order valence-corrected chi connectivity index (χ4v) is 4.57. The van der Waals surface area contributed by atoms with Crippen molar-refractivity contribution in [3.63, 3.8) is 0 Å². The number of nitrogens with zero attached hydrogens (tertiary/aromatic N) is 2. The second kappa shape index (κ2) is 8.13. The Labute approximate surface area is 152 Å². The summed E-state index contributed by atoms with van der Waals surface area (Å²) in [6.45, 7) is 3.26. The first-order chi connectivity index (χ1) is 12.1. The number of halogens is 1. The Morgan fingerprint density at radius 1 is 1.27 bits per heavy atom. The lowest BCUT2D eigenvalue weighted by Crippen LogP contribution is -2.48. The molecule has 1 aromatic carbocycles. The van der Waals surface area contributed by atoms with Gasteiger partial charge in [-0.25, -0.2) is 12.8 Å². The molecule has 1 heterocycles. The van der Waals surface area contributed by atoms with Gasteiger partial charge in [0.1, 0.15) is 17.3 Å². The number of aliphatic carboxylic acids is 1. The summed E-state index contributed by atoms with van der Waals surface area (Å²) in [5.41, 5.74) is 0. The van der Waals surface area contributed by atoms with E-state index in [1.807, 2.05) is 0 Å². The van der Waals surface area contributed by atoms with Crippen LogP contribution in [-0.2, 0) is 19.6 Å². The quantitative estimate of drug-likeness (QED) is 0.800. The Morgan fingerprint density at radius 3 is 2.35 bits per heavy atom. The van der Waals surface area contributed by atoms with E-state index >= 15 is 0 Å². The molecule has 7 nitrogen and oxygen atoms in total. The van der Waals surface area contributed by atoms with E-state index in [-0.39, 0.29) is 49.3 Å². The van der Waals surface area contributed by atoms with Crippen molar-refractivity contribution >= 4 is 21.9 Å². The third-order valence-corrected chi connectivity index (χ3v) is 6.40. The number of hydrogen-bond donors (Lipinski definition) is 1. The Morgan fingerprint density at radius 2 is 1.85 bits per heavy atom. The Kier molecular flexibility index (Phi) is 6.35. The van der Waals surface area contributed by atoms with Crippen molar-refractivity contribution in [3.8, 4) is 0 Å². The van der Waals surface area contributed by atoms with Gasteiger partial charge in [-0.15, -0.1) is 0 Å². The van der Waals surface area contributed by atoms with Gasteiger partial charge in [-0.05, 0) is 38.8 Å². The smallest absolute Gasteiger partial charge is 0.323 e. The molecule has 0 atom stereocenters. The number of rotatable bonds is 6. The molecule has 1 N–H and O–H groups in total. The van der Waals surface area contributed by atoms with Crippen molar-refractivity contribution in [1.29, 1.82) is 0 Å². The van der Waals surface area contributed by atoms with Crippen LogP contribution in [0.15, 0.2) is 29.2 Å². The molecule has 0 aliphatic carbocycles. The molecule has 1 aliphatic rings. The zero-order valence-electron chi connectivity index (χ0n) is 14.8. The van der Waals surface area contributed by atoms with E-state index in [1.54, 1.807) is 13.8 Å². The minimum Gasteiger partial charge on any atom is -0.480 e. The summed E-state index contributed by atoms with van der Waals surface area (Å²) in [5.74, 6) is -2.63. The van der Waals surface area contributed by atoms with Crippen LogP contribution in [0.4, 0.5) is 4.39 Å². The van der Waals surface area contributed by atoms with Crippen LogP contribution in [0, 0.1) is 11.7 Å². The van der Waals surface area contributed by atoms with Gasteiger partial charge in [0.2, 0.25) is 15.9 Å². The molecule has 0 saturated carbocycles. The molecule has 1 fully saturated rings. The Hall–Kier alpha value is -2.00. The second-order valence-electron chi connectivity index (χ2n) is 6.56. The molecule has 1 aliphatic heterocycles. The summed E-state index contributed by atoms with van der Waals surface area (Å²) in [6, 6.07) is 4.92. The highest BCUT2D eigenvalue weighted by Gasteiger charge is 2.35. The topological polar surface area (TPSA) is 95.0 Å². The number of carbonyl (C=O) groups excluding carboxylic acids is 1. The number of hydrogen-bond acceptors (Lipinski definition) is 4. The monoisotopic (exact) mass is 386 g/mol. The van der Waals surface area contributed by atoms with Crippen LogP contribution in [0.5, 0.6) is 0 Å². The van der Waals surface area contributed by atoms with E-state index in [9.17, 15) is 22.4 Å². The second-order valence-corrected chi connectivity index (χ2v) is 8.47. The number of carboxylic acid groups (broad SMARTS) is 1. The van der Waals surface area contributed by atoms with Crippen molar-refractivity contribution < 1.29 is 27.5 Å². The van der Waals surface area contributed by atoms with Gasteiger partial charge in [0.15, 0.2) is 0 Å². The van der Waals surface area contributed by atoms with E-state index in [4.69, 9.17) is 5.11 Å². The Bertz CT molecular complexity index is 773. The highest BCUT2D eigenvalue weighted by molar-refractivity contribution is 7.89. The van der Waals surface area contributed by atoms with E-state index in [2.05, 4.69) is 0 Å². The van der Waals surface area contributed by atoms with Crippen LogP contribution in [0.2, 0.25) is 0 Å². The van der Waals surface area contributed by atoms with Crippen LogP contribution in [-0.4, -0.2) is 60.3 Å². The molecule has 0 unspecified atom stereocenters. The number of piperidine rings is 1. The first-order valence-corrected chi connectivity index (χ1v) is 9.85. The van der Waals surface area contributed by atoms with Crippen molar-refractivity contribution in [2.24, 2.45) is 5.92 Å². The molecule has 0 radical (unpaired) electrons. The molecule has 9 heteroatoms. The molecule has 0 aromatic heterocycles. The van der Waals surface area contributed by atoms with E-state index in [0.29, 0.717) is 0 Å². The number of amides is 1. The maximum absolute atomic E-state index is 13.8. The summed E-state index contributed by atoms with van der Waals surface area (Å²) in [7, 11) is -3.96. The maximum Gasteiger partial charge on any atom is 0.323 e. The van der Waals surface area contributed by atoms with Crippen molar-refractivity contribution in [3.05, 3.63) is 30.1 Å². The fraction of sp³-hybridized carbons (Fsp3) is 0.529. The van der Waals surface area contributed by atoms with Crippen molar-refractivity contribution in [2.45, 2.75) is 37.6 Å². The molecular formula is C17H23FN2O5S. The fourth-order valence-electron chi connectivity index (χ4n) is 3.03. The summed E-state index contributed by atoms with van der Waals surface area (Å²) in [4.78, 5) is 24.5. The van der Waals surface area contributed by atoms with Crippen LogP contribution in [0.3, 0.4) is 0 Å². The minimum atomic E-state index is -3.96. The predicted octanol–water partition coefficient (Wildman–Crippen LogP) is 1.55. The molecule has 0 bridgehead atoms. The van der Waals surface area contributed by atoms with Crippen LogP contribution in [0.25, 0.3) is 0 Å². The summed E-state index contributed by atoms with van der Waals surface area (Å²) in [5, 5.41) is 8.96. The maximum atomic E-state index is 13.8. The van der Waals surface area contributed by atoms with Crippen molar-refractivity contribution in [1.82, 2.24) is 9.21 Å². The zero-order chi connectivity index (χ0) is 19.5. The molecule has 1 aromatic rings. The minimum absolute atomic E-state index is 0.0894. The summed E-state index contributed by atoms with van der Waals surface area (Å²) >= 11 is 0. The molecular weight excluding hydrogens is 363 g/mol. The molecule has 1 amide bonds. The van der Waals surface area contributed by atoms with Gasteiger partial charge in [0.25, 0.3) is 0 Å². The number of benzene rings is 1. The van der Waals surface area contributed by atoms with E-state index in [0.717, 1.165) is 6.07 Å². The number of sulfonamides is 1. The summed E-state index contributed by atoms with van der Waals surface area (Å²) in [6.07, 6.45) is 0.546. The molecule has 0 spiro atoms. The molecule has 1 saturated heterocycles. The van der Waals surface area contributed by atoms with Gasteiger partial charge in [0, 0.05) is 25.0 Å². The summed E-state index contributed by atoms with van der Waals surface area (Å²) < 4.78 is 40.2. The van der Waals surface area contributed by atoms with E-state index in [1.165, 1.54) is 27.4 Å². The van der Waals surface area contributed by atoms with Gasteiger partial charge in [-0.3, -0.25) is 9.59 Å². The number of carbonyl (C=O) groups is 2. The van der Waals surface area contributed by atoms with E-state index < -0.39 is 27.7 Å². The standard InChI is InChI=1S/C17H23FN2O5S/c1-12(2)20(11-16(21)22)17(23)13-7-9-19(10-8-13)26(24,25)15-6-4-3-5-14(15)18/h3-6,12-13H,7-11H2,1-2H3,(H,21,22). The van der Waals surface area contributed by atoms with Gasteiger partial charge in [0.05, 0.1) is 0 Å². The third-order valence-electron chi connectivity index (χ3n) is 4.47. The average molecular weight is 386 g/mol. The molecule has 26 heavy (non-hydrogen) atoms. The van der Waals surface area contributed by atoms with Crippen LogP contribution in [0.1, 0.15) is 26.7 Å². The zero-order valence-corrected chi connectivity index (χ0v) is 15.6.